The smallest absolute Gasteiger partial charge is 0.331 e. The van der Waals surface area contributed by atoms with Crippen LogP contribution in [-0.4, -0.2) is 32.9 Å². The number of rotatable bonds is 5. The van der Waals surface area contributed by atoms with Crippen molar-refractivity contribution >= 4 is 29.1 Å². The summed E-state index contributed by atoms with van der Waals surface area (Å²) in [4.78, 5) is 21.6. The van der Waals surface area contributed by atoms with Crippen molar-refractivity contribution in [3.05, 3.63) is 86.9 Å². The molecule has 0 amide bonds. The van der Waals surface area contributed by atoms with Crippen LogP contribution >= 0.6 is 11.6 Å². The van der Waals surface area contributed by atoms with Gasteiger partial charge in [-0.15, -0.1) is 0 Å². The van der Waals surface area contributed by atoms with E-state index in [9.17, 15) is 10.1 Å². The molecule has 1 saturated heterocycles. The highest BCUT2D eigenvalue weighted by Crippen LogP contribution is 2.32. The largest absolute Gasteiger partial charge is 0.371 e. The molecular formula is C23H21ClN4O2. The number of benzene rings is 2. The fraction of sp³-hybridized carbons (Fsp3) is 0.217. The highest BCUT2D eigenvalue weighted by molar-refractivity contribution is 6.31. The van der Waals surface area contributed by atoms with Crippen molar-refractivity contribution in [2.75, 3.05) is 13.1 Å². The van der Waals surface area contributed by atoms with Gasteiger partial charge in [0.15, 0.2) is 0 Å². The molecule has 7 heteroatoms. The second-order valence-electron chi connectivity index (χ2n) is 7.22. The van der Waals surface area contributed by atoms with E-state index in [-0.39, 0.29) is 16.5 Å². The maximum absolute atomic E-state index is 11.6. The highest BCUT2D eigenvalue weighted by atomic mass is 35.5. The van der Waals surface area contributed by atoms with Gasteiger partial charge in [0.05, 0.1) is 4.92 Å². The van der Waals surface area contributed by atoms with Gasteiger partial charge in [-0.1, -0.05) is 66.2 Å². The van der Waals surface area contributed by atoms with Crippen LogP contribution in [0, 0.1) is 17.0 Å². The molecule has 152 valence electrons. The predicted molar refractivity (Wildman–Crippen MR) is 119 cm³/mol. The molecule has 1 aromatic heterocycles. The molecule has 0 spiro atoms. The first-order chi connectivity index (χ1) is 14.5. The average Bonchev–Trinajstić information content (AvgIpc) is 3.26. The van der Waals surface area contributed by atoms with E-state index in [1.807, 2.05) is 30.3 Å². The first-order valence-electron chi connectivity index (χ1n) is 9.84. The third-order valence-corrected chi connectivity index (χ3v) is 5.43. The van der Waals surface area contributed by atoms with Crippen LogP contribution in [0.2, 0.25) is 5.15 Å². The SMILES string of the molecule is Cc1nc(Cl)c([N+](=O)[O-])c(/C=C(/c2ccc(-c3ccccc3)cc2)N2CCCC2)n1. The fourth-order valence-electron chi connectivity index (χ4n) is 3.73. The molecule has 3 aromatic rings. The zero-order valence-corrected chi connectivity index (χ0v) is 17.3. The van der Waals surface area contributed by atoms with E-state index in [0.29, 0.717) is 5.82 Å². The molecule has 6 nitrogen and oxygen atoms in total. The third kappa shape index (κ3) is 4.19. The minimum absolute atomic E-state index is 0.140. The average molecular weight is 421 g/mol. The number of halogens is 1. The minimum atomic E-state index is -0.520. The molecule has 2 heterocycles. The van der Waals surface area contributed by atoms with Gasteiger partial charge < -0.3 is 4.90 Å². The molecule has 1 aliphatic rings. The number of nitro groups is 1. The molecule has 0 radical (unpaired) electrons. The van der Waals surface area contributed by atoms with E-state index in [1.165, 1.54) is 0 Å². The Labute approximate surface area is 180 Å². The van der Waals surface area contributed by atoms with Crippen molar-refractivity contribution in [1.29, 1.82) is 0 Å². The summed E-state index contributed by atoms with van der Waals surface area (Å²) >= 11 is 6.07. The molecule has 2 aromatic carbocycles. The Balaban J connectivity index is 1.80. The lowest BCUT2D eigenvalue weighted by Crippen LogP contribution is -2.17. The van der Waals surface area contributed by atoms with Crippen molar-refractivity contribution in [3.8, 4) is 11.1 Å². The Morgan fingerprint density at radius 2 is 1.67 bits per heavy atom. The third-order valence-electron chi connectivity index (χ3n) is 5.17. The number of hydrogen-bond donors (Lipinski definition) is 0. The number of likely N-dealkylation sites (tertiary alicyclic amines) is 1. The molecule has 0 saturated carbocycles. The van der Waals surface area contributed by atoms with Gasteiger partial charge in [0.25, 0.3) is 0 Å². The Morgan fingerprint density at radius 1 is 1.03 bits per heavy atom. The second kappa shape index (κ2) is 8.63. The molecule has 0 N–H and O–H groups in total. The van der Waals surface area contributed by atoms with Crippen LogP contribution in [0.3, 0.4) is 0 Å². The summed E-state index contributed by atoms with van der Waals surface area (Å²) < 4.78 is 0. The lowest BCUT2D eigenvalue weighted by atomic mass is 10.0. The van der Waals surface area contributed by atoms with Crippen LogP contribution in [0.25, 0.3) is 22.9 Å². The topological polar surface area (TPSA) is 72.2 Å². The number of hydrogen-bond acceptors (Lipinski definition) is 5. The van der Waals surface area contributed by atoms with Crippen molar-refractivity contribution in [3.63, 3.8) is 0 Å². The second-order valence-corrected chi connectivity index (χ2v) is 7.58. The van der Waals surface area contributed by atoms with Crippen LogP contribution in [0.1, 0.15) is 29.9 Å². The van der Waals surface area contributed by atoms with Crippen molar-refractivity contribution in [2.45, 2.75) is 19.8 Å². The summed E-state index contributed by atoms with van der Waals surface area (Å²) in [6.07, 6.45) is 3.94. The molecule has 1 aliphatic heterocycles. The van der Waals surface area contributed by atoms with Gasteiger partial charge in [-0.05, 0) is 42.5 Å². The van der Waals surface area contributed by atoms with Gasteiger partial charge in [-0.2, -0.15) is 0 Å². The van der Waals surface area contributed by atoms with E-state index < -0.39 is 4.92 Å². The first kappa shape index (κ1) is 20.0. The van der Waals surface area contributed by atoms with Crippen molar-refractivity contribution in [1.82, 2.24) is 14.9 Å². The standard InChI is InChI=1S/C23H21ClN4O2/c1-16-25-20(22(28(29)30)23(24)26-16)15-21(27-13-5-6-14-27)19-11-9-18(10-12-19)17-7-3-2-4-8-17/h2-4,7-12,15H,5-6,13-14H2,1H3/b21-15-. The van der Waals surface area contributed by atoms with Gasteiger partial charge in [0.2, 0.25) is 5.15 Å². The van der Waals surface area contributed by atoms with Crippen molar-refractivity contribution < 1.29 is 4.92 Å². The van der Waals surface area contributed by atoms with E-state index in [0.717, 1.165) is 48.3 Å². The molecule has 0 atom stereocenters. The van der Waals surface area contributed by atoms with Crippen LogP contribution in [0.4, 0.5) is 5.69 Å². The maximum Gasteiger partial charge on any atom is 0.331 e. The minimum Gasteiger partial charge on any atom is -0.371 e. The van der Waals surface area contributed by atoms with E-state index in [1.54, 1.807) is 13.0 Å². The summed E-state index contributed by atoms with van der Waals surface area (Å²) in [6, 6.07) is 18.4. The first-order valence-corrected chi connectivity index (χ1v) is 10.2. The van der Waals surface area contributed by atoms with Crippen LogP contribution < -0.4 is 0 Å². The normalized spacial score (nSPS) is 14.2. The van der Waals surface area contributed by atoms with Gasteiger partial charge in [-0.25, -0.2) is 9.97 Å². The monoisotopic (exact) mass is 420 g/mol. The Hall–Kier alpha value is -3.25. The van der Waals surface area contributed by atoms with Crippen LogP contribution in [-0.2, 0) is 0 Å². The zero-order valence-electron chi connectivity index (χ0n) is 16.6. The van der Waals surface area contributed by atoms with E-state index in [4.69, 9.17) is 11.6 Å². The van der Waals surface area contributed by atoms with Gasteiger partial charge >= 0.3 is 5.69 Å². The van der Waals surface area contributed by atoms with E-state index in [2.05, 4.69) is 39.1 Å². The van der Waals surface area contributed by atoms with Crippen LogP contribution in [0.15, 0.2) is 54.6 Å². The van der Waals surface area contributed by atoms with Crippen LogP contribution in [0.5, 0.6) is 0 Å². The van der Waals surface area contributed by atoms with E-state index >= 15 is 0 Å². The Morgan fingerprint density at radius 3 is 2.30 bits per heavy atom. The molecule has 1 fully saturated rings. The molecular weight excluding hydrogens is 400 g/mol. The lowest BCUT2D eigenvalue weighted by Gasteiger charge is -2.22. The summed E-state index contributed by atoms with van der Waals surface area (Å²) in [5.41, 5.74) is 4.12. The van der Waals surface area contributed by atoms with Crippen molar-refractivity contribution in [2.24, 2.45) is 0 Å². The molecule has 0 unspecified atom stereocenters. The zero-order chi connectivity index (χ0) is 21.1. The summed E-state index contributed by atoms with van der Waals surface area (Å²) in [7, 11) is 0. The quantitative estimate of drug-likeness (QED) is 0.305. The summed E-state index contributed by atoms with van der Waals surface area (Å²) in [5, 5.41) is 11.5. The number of aryl methyl sites for hydroxylation is 1. The maximum atomic E-state index is 11.6. The van der Waals surface area contributed by atoms with Gasteiger partial charge in [0, 0.05) is 18.8 Å². The number of nitrogens with zero attached hydrogens (tertiary/aromatic N) is 4. The molecule has 4 rings (SSSR count). The highest BCUT2D eigenvalue weighted by Gasteiger charge is 2.24. The predicted octanol–water partition coefficient (Wildman–Crippen LogP) is 5.61. The van der Waals surface area contributed by atoms with Gasteiger partial charge in [0.1, 0.15) is 11.5 Å². The Bertz CT molecular complexity index is 1090. The number of aromatic nitrogens is 2. The molecule has 0 bridgehead atoms. The fourth-order valence-corrected chi connectivity index (χ4v) is 4.02. The summed E-state index contributed by atoms with van der Waals surface area (Å²) in [6.45, 7) is 3.48. The summed E-state index contributed by atoms with van der Waals surface area (Å²) in [5.74, 6) is 0.400. The molecule has 0 aliphatic carbocycles. The molecule has 30 heavy (non-hydrogen) atoms. The lowest BCUT2D eigenvalue weighted by molar-refractivity contribution is -0.385. The van der Waals surface area contributed by atoms with Gasteiger partial charge in [-0.3, -0.25) is 10.1 Å². The Kier molecular flexibility index (Phi) is 5.77.